The van der Waals surface area contributed by atoms with Gasteiger partial charge in [-0.3, -0.25) is 9.29 Å². The smallest absolute Gasteiger partial charge is 0.243 e. The molecule has 0 saturated heterocycles. The number of hydrogen-bond donors (Lipinski definition) is 2. The van der Waals surface area contributed by atoms with Crippen molar-refractivity contribution in [1.82, 2.24) is 29.7 Å². The number of hydrogen-bond acceptors (Lipinski definition) is 10. The summed E-state index contributed by atoms with van der Waals surface area (Å²) >= 11 is 0. The van der Waals surface area contributed by atoms with E-state index in [1.165, 1.54) is 25.7 Å². The zero-order valence-corrected chi connectivity index (χ0v) is 22.2. The van der Waals surface area contributed by atoms with E-state index in [0.717, 1.165) is 12.4 Å². The molecule has 0 amide bonds. The molecule has 0 bridgehead atoms. The van der Waals surface area contributed by atoms with E-state index in [0.29, 0.717) is 28.7 Å². The molecule has 4 rings (SSSR count). The standard InChI is InChI=1S/C24H27FN8O4S/c1-14(22-27-12-16(25)13-28-22)15(2)38(34,35)32-24-31-30-23(17-8-6-11-20(26-3)29-17)33(24)21-18(36-4)9-7-10-19(21)37-5/h6-15H,1-5H3,(H,26,29)(H,31,32). The van der Waals surface area contributed by atoms with E-state index in [-0.39, 0.29) is 17.6 Å². The SMILES string of the molecule is CNc1cccc(-c2nnc(NS(=O)(=O)C(C)C(C)c3ncc(F)cn3)n2-c2c(OC)cccc2OC)n1. The molecule has 0 radical (unpaired) electrons. The largest absolute Gasteiger partial charge is 0.494 e. The van der Waals surface area contributed by atoms with Crippen LogP contribution < -0.4 is 19.5 Å². The maximum Gasteiger partial charge on any atom is 0.243 e. The summed E-state index contributed by atoms with van der Waals surface area (Å²) in [5.74, 6) is 0.381. The molecule has 2 atom stereocenters. The summed E-state index contributed by atoms with van der Waals surface area (Å²) in [7, 11) is 0.615. The van der Waals surface area contributed by atoms with Crippen LogP contribution in [0.2, 0.25) is 0 Å². The first-order valence-electron chi connectivity index (χ1n) is 11.5. The average Bonchev–Trinajstić information content (AvgIpc) is 3.34. The highest BCUT2D eigenvalue weighted by Crippen LogP contribution is 2.38. The Balaban J connectivity index is 1.84. The first-order chi connectivity index (χ1) is 18.2. The number of benzene rings is 1. The van der Waals surface area contributed by atoms with E-state index < -0.39 is 27.0 Å². The summed E-state index contributed by atoms with van der Waals surface area (Å²) in [5, 5.41) is 10.4. The molecule has 38 heavy (non-hydrogen) atoms. The highest BCUT2D eigenvalue weighted by Gasteiger charge is 2.32. The molecule has 1 aromatic carbocycles. The van der Waals surface area contributed by atoms with Crippen molar-refractivity contribution in [3.63, 3.8) is 0 Å². The molecule has 2 unspecified atom stereocenters. The monoisotopic (exact) mass is 542 g/mol. The normalized spacial score (nSPS) is 13.0. The number of nitrogens with one attached hydrogen (secondary N) is 2. The average molecular weight is 543 g/mol. The van der Waals surface area contributed by atoms with E-state index in [2.05, 4.69) is 35.2 Å². The fourth-order valence-corrected chi connectivity index (χ4v) is 4.97. The first-order valence-corrected chi connectivity index (χ1v) is 13.1. The third-order valence-corrected chi connectivity index (χ3v) is 7.85. The van der Waals surface area contributed by atoms with Crippen molar-refractivity contribution in [3.05, 3.63) is 60.4 Å². The van der Waals surface area contributed by atoms with Crippen LogP contribution in [0.25, 0.3) is 17.2 Å². The van der Waals surface area contributed by atoms with Gasteiger partial charge in [-0.2, -0.15) is 0 Å². The van der Waals surface area contributed by atoms with Crippen molar-refractivity contribution >= 4 is 21.8 Å². The number of rotatable bonds is 10. The van der Waals surface area contributed by atoms with E-state index in [4.69, 9.17) is 9.47 Å². The van der Waals surface area contributed by atoms with Gasteiger partial charge in [0.2, 0.25) is 16.0 Å². The van der Waals surface area contributed by atoms with Crippen LogP contribution in [0, 0.1) is 5.82 Å². The van der Waals surface area contributed by atoms with Crippen LogP contribution in [-0.4, -0.2) is 64.7 Å². The second-order valence-electron chi connectivity index (χ2n) is 8.25. The van der Waals surface area contributed by atoms with E-state index in [9.17, 15) is 12.8 Å². The van der Waals surface area contributed by atoms with Crippen LogP contribution in [0.15, 0.2) is 48.8 Å². The number of anilines is 2. The van der Waals surface area contributed by atoms with E-state index in [1.807, 2.05) is 0 Å². The zero-order valence-electron chi connectivity index (χ0n) is 21.4. The van der Waals surface area contributed by atoms with Crippen LogP contribution >= 0.6 is 0 Å². The number of sulfonamides is 1. The van der Waals surface area contributed by atoms with Crippen LogP contribution in [0.1, 0.15) is 25.6 Å². The van der Waals surface area contributed by atoms with Crippen molar-refractivity contribution in [3.8, 4) is 28.7 Å². The molecule has 12 nitrogen and oxygen atoms in total. The van der Waals surface area contributed by atoms with Crippen LogP contribution in [0.5, 0.6) is 11.5 Å². The Kier molecular flexibility index (Phi) is 7.71. The van der Waals surface area contributed by atoms with Crippen LogP contribution in [0.3, 0.4) is 0 Å². The maximum atomic E-state index is 13.5. The molecule has 200 valence electrons. The highest BCUT2D eigenvalue weighted by atomic mass is 32.2. The Labute approximate surface area is 219 Å². The van der Waals surface area contributed by atoms with Gasteiger partial charge in [0.15, 0.2) is 11.6 Å². The van der Waals surface area contributed by atoms with Gasteiger partial charge in [-0.25, -0.2) is 27.8 Å². The molecular formula is C24H27FN8O4S. The van der Waals surface area contributed by atoms with E-state index in [1.54, 1.807) is 50.4 Å². The Hall–Kier alpha value is -4.33. The number of aromatic nitrogens is 6. The summed E-state index contributed by atoms with van der Waals surface area (Å²) < 4.78 is 55.5. The van der Waals surface area contributed by atoms with Gasteiger partial charge >= 0.3 is 0 Å². The minimum Gasteiger partial charge on any atom is -0.494 e. The lowest BCUT2D eigenvalue weighted by molar-refractivity contribution is 0.391. The van der Waals surface area contributed by atoms with E-state index >= 15 is 0 Å². The van der Waals surface area contributed by atoms with Crippen molar-refractivity contribution in [1.29, 1.82) is 0 Å². The van der Waals surface area contributed by atoms with Crippen LogP contribution in [0.4, 0.5) is 16.2 Å². The van der Waals surface area contributed by atoms with Gasteiger partial charge in [0.25, 0.3) is 0 Å². The lowest BCUT2D eigenvalue weighted by atomic mass is 10.1. The third kappa shape index (κ3) is 5.20. The molecular weight excluding hydrogens is 515 g/mol. The molecule has 3 aromatic heterocycles. The van der Waals surface area contributed by atoms with Gasteiger partial charge in [-0.05, 0) is 31.2 Å². The molecule has 0 aliphatic rings. The maximum absolute atomic E-state index is 13.5. The molecule has 0 aliphatic heterocycles. The van der Waals surface area contributed by atoms with Crippen molar-refractivity contribution in [2.75, 3.05) is 31.3 Å². The Bertz CT molecular complexity index is 1510. The summed E-state index contributed by atoms with van der Waals surface area (Å²) in [6.45, 7) is 3.15. The fraction of sp³-hybridized carbons (Fsp3) is 0.292. The minimum absolute atomic E-state index is 0.112. The third-order valence-electron chi connectivity index (χ3n) is 6.00. The molecule has 0 spiro atoms. The fourth-order valence-electron chi connectivity index (χ4n) is 3.73. The first kappa shape index (κ1) is 26.7. The Morgan fingerprint density at radius 1 is 0.974 bits per heavy atom. The summed E-state index contributed by atoms with van der Waals surface area (Å²) in [6, 6.07) is 10.4. The number of para-hydroxylation sites is 1. The second kappa shape index (κ2) is 11.0. The lowest BCUT2D eigenvalue weighted by Gasteiger charge is -2.21. The zero-order chi connectivity index (χ0) is 27.4. The highest BCUT2D eigenvalue weighted by molar-refractivity contribution is 7.93. The summed E-state index contributed by atoms with van der Waals surface area (Å²) in [6.07, 6.45) is 1.99. The number of methoxy groups -OCH3 is 2. The predicted octanol–water partition coefficient (Wildman–Crippen LogP) is 3.25. The van der Waals surface area contributed by atoms with Crippen LogP contribution in [-0.2, 0) is 10.0 Å². The number of halogens is 1. The van der Waals surface area contributed by atoms with Gasteiger partial charge in [-0.1, -0.05) is 19.1 Å². The van der Waals surface area contributed by atoms with Gasteiger partial charge in [0.1, 0.15) is 34.5 Å². The number of ether oxygens (including phenoxy) is 2. The second-order valence-corrected chi connectivity index (χ2v) is 10.3. The molecule has 2 N–H and O–H groups in total. The molecule has 0 saturated carbocycles. The molecule has 4 aromatic rings. The molecule has 14 heteroatoms. The number of pyridine rings is 1. The van der Waals surface area contributed by atoms with Crippen molar-refractivity contribution in [2.45, 2.75) is 25.0 Å². The number of nitrogens with zero attached hydrogens (tertiary/aromatic N) is 6. The lowest BCUT2D eigenvalue weighted by Crippen LogP contribution is -2.31. The van der Waals surface area contributed by atoms with Crippen molar-refractivity contribution in [2.24, 2.45) is 0 Å². The quantitative estimate of drug-likeness (QED) is 0.306. The van der Waals surface area contributed by atoms with Gasteiger partial charge in [0.05, 0.1) is 31.9 Å². The Morgan fingerprint density at radius 3 is 2.21 bits per heavy atom. The molecule has 0 aliphatic carbocycles. The Morgan fingerprint density at radius 2 is 1.61 bits per heavy atom. The van der Waals surface area contributed by atoms with Gasteiger partial charge < -0.3 is 14.8 Å². The minimum atomic E-state index is -4.08. The summed E-state index contributed by atoms with van der Waals surface area (Å²) in [5.41, 5.74) is 0.790. The molecule has 0 fully saturated rings. The summed E-state index contributed by atoms with van der Waals surface area (Å²) in [4.78, 5) is 12.4. The van der Waals surface area contributed by atoms with Gasteiger partial charge in [0, 0.05) is 13.0 Å². The predicted molar refractivity (Wildman–Crippen MR) is 140 cm³/mol. The van der Waals surface area contributed by atoms with Gasteiger partial charge in [-0.15, -0.1) is 10.2 Å². The topological polar surface area (TPSA) is 146 Å². The van der Waals surface area contributed by atoms with Crippen molar-refractivity contribution < 1.29 is 22.3 Å². The molecule has 3 heterocycles.